The summed E-state index contributed by atoms with van der Waals surface area (Å²) < 4.78 is 11.3. The van der Waals surface area contributed by atoms with E-state index in [0.717, 1.165) is 0 Å². The van der Waals surface area contributed by atoms with Gasteiger partial charge in [0.2, 0.25) is 0 Å². The molecule has 0 aliphatic heterocycles. The summed E-state index contributed by atoms with van der Waals surface area (Å²) in [6.07, 6.45) is 3.35. The van der Waals surface area contributed by atoms with E-state index >= 15 is 0 Å². The van der Waals surface area contributed by atoms with Crippen molar-refractivity contribution in [3.63, 3.8) is 0 Å². The molecule has 8 nitrogen and oxygen atoms in total. The third-order valence-electron chi connectivity index (χ3n) is 2.40. The fourth-order valence-corrected chi connectivity index (χ4v) is 1.93. The van der Waals surface area contributed by atoms with Crippen LogP contribution in [0.25, 0.3) is 0 Å². The quantitative estimate of drug-likeness (QED) is 0.477. The van der Waals surface area contributed by atoms with Gasteiger partial charge in [0.25, 0.3) is 0 Å². The second kappa shape index (κ2) is 9.08. The first-order valence-electron chi connectivity index (χ1n) is 6.73. The SMILES string of the molecule is CCOC(=O)CN=C(Nc1nn(C)cc1C(=O)OCC)SC. The van der Waals surface area contributed by atoms with Crippen molar-refractivity contribution >= 4 is 34.7 Å². The molecule has 0 aliphatic rings. The molecule has 1 rings (SSSR count). The minimum absolute atomic E-state index is 0.0986. The summed E-state index contributed by atoms with van der Waals surface area (Å²) in [5.41, 5.74) is 0.308. The largest absolute Gasteiger partial charge is 0.465 e. The number of thioether (sulfide) groups is 1. The van der Waals surface area contributed by atoms with E-state index in [2.05, 4.69) is 15.4 Å². The molecule has 0 aromatic carbocycles. The molecule has 0 saturated carbocycles. The third-order valence-corrected chi connectivity index (χ3v) is 3.02. The Hall–Kier alpha value is -2.03. The molecule has 1 N–H and O–H groups in total. The summed E-state index contributed by atoms with van der Waals surface area (Å²) in [6.45, 7) is 3.95. The van der Waals surface area contributed by atoms with Gasteiger partial charge >= 0.3 is 11.9 Å². The molecular weight excluding hydrogens is 308 g/mol. The van der Waals surface area contributed by atoms with Gasteiger partial charge in [-0.1, -0.05) is 11.8 Å². The Morgan fingerprint density at radius 1 is 1.36 bits per heavy atom. The molecule has 0 saturated heterocycles. The van der Waals surface area contributed by atoms with Crippen molar-refractivity contribution in [2.45, 2.75) is 13.8 Å². The van der Waals surface area contributed by atoms with Crippen LogP contribution in [0, 0.1) is 0 Å². The first-order valence-corrected chi connectivity index (χ1v) is 7.96. The zero-order valence-corrected chi connectivity index (χ0v) is 13.9. The Kier molecular flexibility index (Phi) is 7.44. The number of esters is 2. The van der Waals surface area contributed by atoms with Crippen molar-refractivity contribution in [3.8, 4) is 0 Å². The Morgan fingerprint density at radius 3 is 2.64 bits per heavy atom. The summed E-state index contributed by atoms with van der Waals surface area (Å²) in [4.78, 5) is 27.3. The lowest BCUT2D eigenvalue weighted by atomic mass is 10.3. The van der Waals surface area contributed by atoms with Gasteiger partial charge in [0.1, 0.15) is 12.1 Å². The number of aliphatic imine (C=N–C) groups is 1. The van der Waals surface area contributed by atoms with Crippen LogP contribution in [0.4, 0.5) is 5.82 Å². The highest BCUT2D eigenvalue weighted by molar-refractivity contribution is 8.13. The van der Waals surface area contributed by atoms with Crippen LogP contribution in [0.15, 0.2) is 11.2 Å². The van der Waals surface area contributed by atoms with Crippen LogP contribution in [0.5, 0.6) is 0 Å². The number of hydrogen-bond acceptors (Lipinski definition) is 7. The molecule has 9 heteroatoms. The summed E-state index contributed by atoms with van der Waals surface area (Å²) in [6, 6.07) is 0. The maximum atomic E-state index is 11.9. The summed E-state index contributed by atoms with van der Waals surface area (Å²) >= 11 is 1.30. The number of rotatable bonds is 6. The Balaban J connectivity index is 2.84. The lowest BCUT2D eigenvalue weighted by Gasteiger charge is -2.07. The molecule has 0 aliphatic carbocycles. The molecule has 0 radical (unpaired) electrons. The molecule has 22 heavy (non-hydrogen) atoms. The number of aryl methyl sites for hydroxylation is 1. The second-order valence-corrected chi connectivity index (χ2v) is 4.84. The maximum absolute atomic E-state index is 11.9. The number of hydrogen-bond donors (Lipinski definition) is 1. The van der Waals surface area contributed by atoms with Gasteiger partial charge in [-0.3, -0.25) is 14.5 Å². The van der Waals surface area contributed by atoms with Crippen molar-refractivity contribution < 1.29 is 19.1 Å². The first kappa shape index (κ1) is 18.0. The third kappa shape index (κ3) is 5.40. The molecule has 0 unspecified atom stereocenters. The smallest absolute Gasteiger partial charge is 0.343 e. The average Bonchev–Trinajstić information content (AvgIpc) is 2.84. The van der Waals surface area contributed by atoms with Gasteiger partial charge in [-0.15, -0.1) is 0 Å². The molecular formula is C13H20N4O4S. The minimum atomic E-state index is -0.469. The van der Waals surface area contributed by atoms with Crippen LogP contribution >= 0.6 is 11.8 Å². The number of nitrogens with one attached hydrogen (secondary N) is 1. The monoisotopic (exact) mass is 328 g/mol. The molecule has 0 fully saturated rings. The number of nitrogens with zero attached hydrogens (tertiary/aromatic N) is 3. The van der Waals surface area contributed by atoms with Crippen molar-refractivity contribution in [1.82, 2.24) is 9.78 Å². The van der Waals surface area contributed by atoms with E-state index in [-0.39, 0.29) is 13.2 Å². The lowest BCUT2D eigenvalue weighted by molar-refractivity contribution is -0.141. The number of anilines is 1. The van der Waals surface area contributed by atoms with Crippen LogP contribution < -0.4 is 5.32 Å². The molecule has 122 valence electrons. The highest BCUT2D eigenvalue weighted by Gasteiger charge is 2.18. The summed E-state index contributed by atoms with van der Waals surface area (Å²) in [5.74, 6) is -0.552. The van der Waals surface area contributed by atoms with E-state index in [1.54, 1.807) is 33.3 Å². The van der Waals surface area contributed by atoms with E-state index in [4.69, 9.17) is 9.47 Å². The van der Waals surface area contributed by atoms with E-state index in [1.807, 2.05) is 0 Å². The average molecular weight is 328 g/mol. The van der Waals surface area contributed by atoms with E-state index in [9.17, 15) is 9.59 Å². The molecule has 0 amide bonds. The second-order valence-electron chi connectivity index (χ2n) is 4.04. The number of carbonyl (C=O) groups excluding carboxylic acids is 2. The van der Waals surface area contributed by atoms with E-state index < -0.39 is 11.9 Å². The molecule has 0 atom stereocenters. The van der Waals surface area contributed by atoms with Gasteiger partial charge in [0.15, 0.2) is 11.0 Å². The van der Waals surface area contributed by atoms with Crippen LogP contribution in [-0.4, -0.2) is 52.9 Å². The van der Waals surface area contributed by atoms with Crippen molar-refractivity contribution in [2.75, 3.05) is 31.3 Å². The predicted molar refractivity (Wildman–Crippen MR) is 85.2 cm³/mol. The van der Waals surface area contributed by atoms with E-state index in [0.29, 0.717) is 23.2 Å². The molecule has 1 aromatic heterocycles. The van der Waals surface area contributed by atoms with Crippen LogP contribution in [0.3, 0.4) is 0 Å². The van der Waals surface area contributed by atoms with Gasteiger partial charge in [-0.05, 0) is 20.1 Å². The standard InChI is InChI=1S/C13H20N4O4S/c1-5-20-10(18)7-14-13(22-4)15-11-9(8-17(3)16-11)12(19)21-6-2/h8H,5-7H2,1-4H3,(H,14,15,16). The van der Waals surface area contributed by atoms with Gasteiger partial charge in [0, 0.05) is 13.2 Å². The summed E-state index contributed by atoms with van der Waals surface area (Å²) in [5, 5.41) is 7.54. The Bertz CT molecular complexity index is 556. The molecule has 0 bridgehead atoms. The lowest BCUT2D eigenvalue weighted by Crippen LogP contribution is -2.15. The highest BCUT2D eigenvalue weighted by Crippen LogP contribution is 2.16. The number of amidine groups is 1. The first-order chi connectivity index (χ1) is 10.5. The van der Waals surface area contributed by atoms with Crippen LogP contribution in [0.2, 0.25) is 0 Å². The van der Waals surface area contributed by atoms with Crippen molar-refractivity contribution in [3.05, 3.63) is 11.8 Å². The number of ether oxygens (including phenoxy) is 2. The zero-order valence-electron chi connectivity index (χ0n) is 13.1. The Labute approximate surface area is 133 Å². The normalized spacial score (nSPS) is 11.2. The van der Waals surface area contributed by atoms with Crippen LogP contribution in [0.1, 0.15) is 24.2 Å². The van der Waals surface area contributed by atoms with Crippen LogP contribution in [-0.2, 0) is 21.3 Å². The Morgan fingerprint density at radius 2 is 2.05 bits per heavy atom. The topological polar surface area (TPSA) is 94.8 Å². The van der Waals surface area contributed by atoms with Gasteiger partial charge < -0.3 is 14.8 Å². The van der Waals surface area contributed by atoms with Gasteiger partial charge in [-0.25, -0.2) is 4.79 Å². The molecule has 0 spiro atoms. The van der Waals surface area contributed by atoms with Crippen molar-refractivity contribution in [1.29, 1.82) is 0 Å². The fraction of sp³-hybridized carbons (Fsp3) is 0.538. The zero-order chi connectivity index (χ0) is 16.5. The molecule has 1 heterocycles. The molecule has 1 aromatic rings. The van der Waals surface area contributed by atoms with E-state index in [1.165, 1.54) is 16.4 Å². The fourth-order valence-electron chi connectivity index (χ4n) is 1.54. The number of aromatic nitrogens is 2. The minimum Gasteiger partial charge on any atom is -0.465 e. The highest BCUT2D eigenvalue weighted by atomic mass is 32.2. The van der Waals surface area contributed by atoms with Gasteiger partial charge in [0.05, 0.1) is 13.2 Å². The van der Waals surface area contributed by atoms with Crippen molar-refractivity contribution in [2.24, 2.45) is 12.0 Å². The summed E-state index contributed by atoms with van der Waals surface area (Å²) in [7, 11) is 1.70. The predicted octanol–water partition coefficient (Wildman–Crippen LogP) is 1.29. The van der Waals surface area contributed by atoms with Gasteiger partial charge in [-0.2, -0.15) is 5.10 Å². The number of carbonyl (C=O) groups is 2. The maximum Gasteiger partial charge on any atom is 0.343 e.